The van der Waals surface area contributed by atoms with Gasteiger partial charge in [-0.1, -0.05) is 20.8 Å². The van der Waals surface area contributed by atoms with E-state index in [-0.39, 0.29) is 30.1 Å². The van der Waals surface area contributed by atoms with Gasteiger partial charge in [0.1, 0.15) is 6.04 Å². The van der Waals surface area contributed by atoms with E-state index in [4.69, 9.17) is 0 Å². The fraction of sp³-hybridized carbons (Fsp3) is 0.800. The van der Waals surface area contributed by atoms with Gasteiger partial charge in [0.2, 0.25) is 5.91 Å². The van der Waals surface area contributed by atoms with Crippen LogP contribution in [0.15, 0.2) is 0 Å². The Hall–Kier alpha value is -1.43. The average Bonchev–Trinajstić information content (AvgIpc) is 2.34. The lowest BCUT2D eigenvalue weighted by atomic mass is 9.91. The van der Waals surface area contributed by atoms with E-state index in [0.29, 0.717) is 6.54 Å². The van der Waals surface area contributed by atoms with Crippen molar-refractivity contribution in [3.63, 3.8) is 0 Å². The first kappa shape index (κ1) is 17.6. The van der Waals surface area contributed by atoms with Crippen LogP contribution in [0.2, 0.25) is 0 Å². The number of carboxylic acids is 1. The number of carbonyl (C=O) groups is 3. The number of likely N-dealkylation sites (tertiary alicyclic amines) is 1. The standard InChI is InChI=1S/C15H26N2O4/c1-9(2)13(11(4)18)16-12(19)8-17-7-5-6-10(3)14(17)15(20)21/h9-10,13-14H,5-8H2,1-4H3,(H,16,19)(H,20,21). The van der Waals surface area contributed by atoms with Crippen LogP contribution in [0.25, 0.3) is 0 Å². The molecule has 0 spiro atoms. The van der Waals surface area contributed by atoms with Gasteiger partial charge in [0.05, 0.1) is 12.6 Å². The number of carbonyl (C=O) groups excluding carboxylic acids is 2. The van der Waals surface area contributed by atoms with Crippen LogP contribution in [0.5, 0.6) is 0 Å². The molecule has 1 saturated heterocycles. The van der Waals surface area contributed by atoms with E-state index in [2.05, 4.69) is 5.32 Å². The zero-order valence-electron chi connectivity index (χ0n) is 13.3. The predicted molar refractivity (Wildman–Crippen MR) is 78.8 cm³/mol. The Morgan fingerprint density at radius 1 is 1.33 bits per heavy atom. The SMILES string of the molecule is CC(=O)C(NC(=O)CN1CCCC(C)C1C(=O)O)C(C)C. The second-order valence-electron chi connectivity index (χ2n) is 6.27. The van der Waals surface area contributed by atoms with Crippen LogP contribution < -0.4 is 5.32 Å². The van der Waals surface area contributed by atoms with Gasteiger partial charge in [-0.05, 0) is 38.1 Å². The molecule has 0 saturated carbocycles. The van der Waals surface area contributed by atoms with Gasteiger partial charge in [-0.3, -0.25) is 19.3 Å². The summed E-state index contributed by atoms with van der Waals surface area (Å²) in [7, 11) is 0. The third-order valence-electron chi connectivity index (χ3n) is 4.06. The molecule has 120 valence electrons. The first-order valence-electron chi connectivity index (χ1n) is 7.50. The highest BCUT2D eigenvalue weighted by atomic mass is 16.4. The van der Waals surface area contributed by atoms with Gasteiger partial charge in [-0.2, -0.15) is 0 Å². The van der Waals surface area contributed by atoms with Crippen molar-refractivity contribution in [3.8, 4) is 0 Å². The van der Waals surface area contributed by atoms with Crippen molar-refractivity contribution in [1.82, 2.24) is 10.2 Å². The number of aliphatic carboxylic acids is 1. The minimum atomic E-state index is -0.887. The summed E-state index contributed by atoms with van der Waals surface area (Å²) in [4.78, 5) is 36.7. The molecule has 2 N–H and O–H groups in total. The van der Waals surface area contributed by atoms with E-state index in [1.165, 1.54) is 6.92 Å². The highest BCUT2D eigenvalue weighted by Gasteiger charge is 2.35. The van der Waals surface area contributed by atoms with E-state index in [0.717, 1.165) is 12.8 Å². The summed E-state index contributed by atoms with van der Waals surface area (Å²) in [5.74, 6) is -1.22. The maximum Gasteiger partial charge on any atom is 0.321 e. The Bertz CT molecular complexity index is 408. The molecule has 0 aliphatic carbocycles. The van der Waals surface area contributed by atoms with Crippen LogP contribution >= 0.6 is 0 Å². The van der Waals surface area contributed by atoms with Crippen LogP contribution in [0.3, 0.4) is 0 Å². The van der Waals surface area contributed by atoms with Crippen LogP contribution in [0.1, 0.15) is 40.5 Å². The number of ketones is 1. The second kappa shape index (κ2) is 7.54. The molecule has 3 unspecified atom stereocenters. The van der Waals surface area contributed by atoms with Gasteiger partial charge >= 0.3 is 5.97 Å². The lowest BCUT2D eigenvalue weighted by Crippen LogP contribution is -2.54. The lowest BCUT2D eigenvalue weighted by molar-refractivity contribution is -0.147. The van der Waals surface area contributed by atoms with Crippen LogP contribution in [-0.2, 0) is 14.4 Å². The Labute approximate surface area is 125 Å². The minimum absolute atomic E-state index is 0.0157. The highest BCUT2D eigenvalue weighted by molar-refractivity contribution is 5.88. The Kier molecular flexibility index (Phi) is 6.33. The smallest absolute Gasteiger partial charge is 0.321 e. The number of nitrogens with one attached hydrogen (secondary N) is 1. The topological polar surface area (TPSA) is 86.7 Å². The molecule has 0 aromatic rings. The van der Waals surface area contributed by atoms with E-state index >= 15 is 0 Å². The van der Waals surface area contributed by atoms with Crippen molar-refractivity contribution in [2.75, 3.05) is 13.1 Å². The molecular formula is C15H26N2O4. The van der Waals surface area contributed by atoms with Crippen molar-refractivity contribution >= 4 is 17.7 Å². The average molecular weight is 298 g/mol. The molecule has 0 bridgehead atoms. The first-order valence-corrected chi connectivity index (χ1v) is 7.50. The summed E-state index contributed by atoms with van der Waals surface area (Å²) in [5, 5.41) is 12.0. The number of hydrogen-bond donors (Lipinski definition) is 2. The zero-order valence-corrected chi connectivity index (χ0v) is 13.3. The molecule has 1 rings (SSSR count). The van der Waals surface area contributed by atoms with Crippen molar-refractivity contribution in [1.29, 1.82) is 0 Å². The summed E-state index contributed by atoms with van der Waals surface area (Å²) >= 11 is 0. The van der Waals surface area contributed by atoms with Crippen LogP contribution in [0, 0.1) is 11.8 Å². The molecular weight excluding hydrogens is 272 g/mol. The molecule has 1 amide bonds. The van der Waals surface area contributed by atoms with Gasteiger partial charge in [-0.25, -0.2) is 0 Å². The molecule has 0 aromatic heterocycles. The molecule has 1 heterocycles. The fourth-order valence-corrected chi connectivity index (χ4v) is 2.99. The number of Topliss-reactive ketones (excluding diaryl/α,β-unsaturated/α-hetero) is 1. The van der Waals surface area contributed by atoms with Gasteiger partial charge in [-0.15, -0.1) is 0 Å². The molecule has 6 nitrogen and oxygen atoms in total. The molecule has 0 aromatic carbocycles. The summed E-state index contributed by atoms with van der Waals surface area (Å²) in [6.07, 6.45) is 1.75. The minimum Gasteiger partial charge on any atom is -0.480 e. The van der Waals surface area contributed by atoms with Crippen molar-refractivity contribution in [2.45, 2.75) is 52.6 Å². The number of nitrogens with zero attached hydrogens (tertiary/aromatic N) is 1. The van der Waals surface area contributed by atoms with E-state index in [1.54, 1.807) is 4.90 Å². The van der Waals surface area contributed by atoms with Gasteiger partial charge < -0.3 is 10.4 Å². The molecule has 6 heteroatoms. The van der Waals surface area contributed by atoms with E-state index < -0.39 is 18.1 Å². The van der Waals surface area contributed by atoms with E-state index in [1.807, 2.05) is 20.8 Å². The molecule has 21 heavy (non-hydrogen) atoms. The molecule has 1 aliphatic heterocycles. The van der Waals surface area contributed by atoms with Gasteiger partial charge in [0, 0.05) is 0 Å². The van der Waals surface area contributed by atoms with E-state index in [9.17, 15) is 19.5 Å². The zero-order chi connectivity index (χ0) is 16.2. The normalized spacial score (nSPS) is 24.6. The molecule has 1 aliphatic rings. The number of rotatable bonds is 6. The monoisotopic (exact) mass is 298 g/mol. The first-order chi connectivity index (χ1) is 9.73. The van der Waals surface area contributed by atoms with Crippen molar-refractivity contribution in [3.05, 3.63) is 0 Å². The predicted octanol–water partition coefficient (Wildman–Crippen LogP) is 0.901. The second-order valence-corrected chi connectivity index (χ2v) is 6.27. The quantitative estimate of drug-likeness (QED) is 0.761. The van der Waals surface area contributed by atoms with Gasteiger partial charge in [0.15, 0.2) is 5.78 Å². The Morgan fingerprint density at radius 3 is 2.43 bits per heavy atom. The lowest BCUT2D eigenvalue weighted by Gasteiger charge is -2.37. The molecule has 1 fully saturated rings. The number of piperidine rings is 1. The van der Waals surface area contributed by atoms with Gasteiger partial charge in [0.25, 0.3) is 0 Å². The molecule has 0 radical (unpaired) electrons. The van der Waals surface area contributed by atoms with Crippen molar-refractivity contribution < 1.29 is 19.5 Å². The maximum absolute atomic E-state index is 12.1. The fourth-order valence-electron chi connectivity index (χ4n) is 2.99. The Balaban J connectivity index is 2.67. The number of carboxylic acid groups (broad SMARTS) is 1. The molecule has 3 atom stereocenters. The summed E-state index contributed by atoms with van der Waals surface area (Å²) in [6, 6.07) is -1.14. The number of hydrogen-bond acceptors (Lipinski definition) is 4. The third kappa shape index (κ3) is 4.81. The van der Waals surface area contributed by atoms with Crippen LogP contribution in [0.4, 0.5) is 0 Å². The maximum atomic E-state index is 12.1. The summed E-state index contributed by atoms with van der Waals surface area (Å²) in [6.45, 7) is 7.72. The summed E-state index contributed by atoms with van der Waals surface area (Å²) < 4.78 is 0. The Morgan fingerprint density at radius 2 is 1.95 bits per heavy atom. The number of amides is 1. The van der Waals surface area contributed by atoms with Crippen molar-refractivity contribution in [2.24, 2.45) is 11.8 Å². The summed E-state index contributed by atoms with van der Waals surface area (Å²) in [5.41, 5.74) is 0. The third-order valence-corrected chi connectivity index (χ3v) is 4.06. The largest absolute Gasteiger partial charge is 0.480 e. The van der Waals surface area contributed by atoms with Crippen LogP contribution in [-0.4, -0.2) is 52.8 Å². The highest BCUT2D eigenvalue weighted by Crippen LogP contribution is 2.23.